The molecule has 1 heterocycles. The van der Waals surface area contributed by atoms with E-state index in [1.165, 1.54) is 18.3 Å². The Morgan fingerprint density at radius 2 is 2.20 bits per heavy atom. The second-order valence-electron chi connectivity index (χ2n) is 2.83. The number of ketones is 1. The van der Waals surface area contributed by atoms with Crippen LogP contribution in [0, 0.1) is 0 Å². The summed E-state index contributed by atoms with van der Waals surface area (Å²) in [5.41, 5.74) is 0.422. The maximum absolute atomic E-state index is 11.2. The lowest BCUT2D eigenvalue weighted by Gasteiger charge is -2.00. The third-order valence-electron chi connectivity index (χ3n) is 1.65. The van der Waals surface area contributed by atoms with E-state index in [2.05, 4.69) is 9.72 Å². The van der Waals surface area contributed by atoms with Gasteiger partial charge in [-0.25, -0.2) is 4.79 Å². The molecule has 0 spiro atoms. The topological polar surface area (TPSA) is 76.5 Å². The van der Waals surface area contributed by atoms with Gasteiger partial charge in [0.1, 0.15) is 5.75 Å². The number of ether oxygens (including phenoxy) is 1. The molecule has 0 atom stereocenters. The Morgan fingerprint density at radius 1 is 1.47 bits per heavy atom. The number of rotatable bonds is 4. The van der Waals surface area contributed by atoms with E-state index in [1.54, 1.807) is 6.92 Å². The molecule has 0 saturated carbocycles. The molecular weight excluding hydrogens is 198 g/mol. The molecule has 0 unspecified atom stereocenters. The first-order chi connectivity index (χ1) is 7.13. The van der Waals surface area contributed by atoms with E-state index in [0.29, 0.717) is 5.69 Å². The molecule has 0 saturated heterocycles. The van der Waals surface area contributed by atoms with E-state index >= 15 is 0 Å². The van der Waals surface area contributed by atoms with Crippen molar-refractivity contribution >= 4 is 11.8 Å². The van der Waals surface area contributed by atoms with Gasteiger partial charge in [0.25, 0.3) is 0 Å². The van der Waals surface area contributed by atoms with Crippen molar-refractivity contribution in [2.24, 2.45) is 0 Å². The second kappa shape index (κ2) is 5.09. The van der Waals surface area contributed by atoms with Crippen LogP contribution >= 0.6 is 0 Å². The van der Waals surface area contributed by atoms with Crippen LogP contribution in [-0.4, -0.2) is 28.4 Å². The Morgan fingerprint density at radius 3 is 2.73 bits per heavy atom. The number of nitrogens with zero attached hydrogens (tertiary/aromatic N) is 1. The normalized spacial score (nSPS) is 9.67. The quantitative estimate of drug-likeness (QED) is 0.576. The van der Waals surface area contributed by atoms with Gasteiger partial charge in [-0.15, -0.1) is 0 Å². The standard InChI is InChI=1S/C10H11NO4/c1-2-15-10(14)9(13)5-7-3-4-8(12)6-11-7/h3-4,6,12H,2,5H2,1H3. The highest BCUT2D eigenvalue weighted by atomic mass is 16.5. The number of esters is 1. The lowest BCUT2D eigenvalue weighted by Crippen LogP contribution is -2.19. The molecule has 0 aliphatic carbocycles. The van der Waals surface area contributed by atoms with Gasteiger partial charge >= 0.3 is 5.97 Å². The minimum Gasteiger partial charge on any atom is -0.506 e. The van der Waals surface area contributed by atoms with E-state index in [1.807, 2.05) is 0 Å². The maximum atomic E-state index is 11.2. The monoisotopic (exact) mass is 209 g/mol. The molecule has 1 N–H and O–H groups in total. The average Bonchev–Trinajstić information content (AvgIpc) is 2.22. The Bertz CT molecular complexity index is 358. The largest absolute Gasteiger partial charge is 0.506 e. The van der Waals surface area contributed by atoms with Crippen LogP contribution in [0.15, 0.2) is 18.3 Å². The van der Waals surface area contributed by atoms with Gasteiger partial charge in [-0.1, -0.05) is 0 Å². The molecule has 5 nitrogen and oxygen atoms in total. The van der Waals surface area contributed by atoms with Crippen molar-refractivity contribution in [3.8, 4) is 5.75 Å². The van der Waals surface area contributed by atoms with Crippen molar-refractivity contribution in [1.82, 2.24) is 4.98 Å². The van der Waals surface area contributed by atoms with Crippen LogP contribution in [0.5, 0.6) is 5.75 Å². The molecule has 0 aromatic carbocycles. The predicted octanol–water partition coefficient (Wildman–Crippen LogP) is 0.462. The molecule has 1 aromatic heterocycles. The van der Waals surface area contributed by atoms with Crippen LogP contribution in [0.1, 0.15) is 12.6 Å². The Hall–Kier alpha value is -1.91. The van der Waals surface area contributed by atoms with E-state index < -0.39 is 11.8 Å². The molecule has 80 valence electrons. The van der Waals surface area contributed by atoms with Gasteiger partial charge in [0.05, 0.1) is 19.2 Å². The summed E-state index contributed by atoms with van der Waals surface area (Å²) in [4.78, 5) is 26.0. The predicted molar refractivity (Wildman–Crippen MR) is 51.2 cm³/mol. The van der Waals surface area contributed by atoms with Gasteiger partial charge in [-0.2, -0.15) is 0 Å². The number of Topliss-reactive ketones (excluding diaryl/α,β-unsaturated/α-hetero) is 1. The fraction of sp³-hybridized carbons (Fsp3) is 0.300. The summed E-state index contributed by atoms with van der Waals surface area (Å²) in [6, 6.07) is 2.88. The van der Waals surface area contributed by atoms with Gasteiger partial charge < -0.3 is 9.84 Å². The van der Waals surface area contributed by atoms with E-state index in [0.717, 1.165) is 0 Å². The van der Waals surface area contributed by atoms with Crippen molar-refractivity contribution in [2.45, 2.75) is 13.3 Å². The minimum absolute atomic E-state index is 0.0160. The van der Waals surface area contributed by atoms with Crippen molar-refractivity contribution in [3.05, 3.63) is 24.0 Å². The first-order valence-corrected chi connectivity index (χ1v) is 4.47. The number of carbonyl (C=O) groups is 2. The molecule has 0 aliphatic rings. The van der Waals surface area contributed by atoms with Crippen molar-refractivity contribution in [3.63, 3.8) is 0 Å². The van der Waals surface area contributed by atoms with Crippen molar-refractivity contribution in [2.75, 3.05) is 6.61 Å². The van der Waals surface area contributed by atoms with Crippen LogP contribution in [0.3, 0.4) is 0 Å². The zero-order valence-corrected chi connectivity index (χ0v) is 8.27. The molecule has 0 bridgehead atoms. The van der Waals surface area contributed by atoms with E-state index in [-0.39, 0.29) is 18.8 Å². The fourth-order valence-corrected chi connectivity index (χ4v) is 0.970. The zero-order valence-electron chi connectivity index (χ0n) is 8.27. The number of hydrogen-bond donors (Lipinski definition) is 1. The molecule has 0 fully saturated rings. The van der Waals surface area contributed by atoms with Gasteiger partial charge in [-0.3, -0.25) is 9.78 Å². The SMILES string of the molecule is CCOC(=O)C(=O)Cc1ccc(O)cn1. The van der Waals surface area contributed by atoms with Gasteiger partial charge in [0, 0.05) is 5.69 Å². The molecule has 1 aromatic rings. The minimum atomic E-state index is -0.854. The first kappa shape index (κ1) is 11.2. The fourth-order valence-electron chi connectivity index (χ4n) is 0.970. The third-order valence-corrected chi connectivity index (χ3v) is 1.65. The number of hydrogen-bond acceptors (Lipinski definition) is 5. The highest BCUT2D eigenvalue weighted by molar-refractivity contribution is 6.34. The molecule has 5 heteroatoms. The summed E-state index contributed by atoms with van der Waals surface area (Å²) < 4.78 is 4.53. The van der Waals surface area contributed by atoms with Gasteiger partial charge in [0.15, 0.2) is 0 Å². The third kappa shape index (κ3) is 3.38. The summed E-state index contributed by atoms with van der Waals surface area (Å²) >= 11 is 0. The van der Waals surface area contributed by atoms with Gasteiger partial charge in [0.2, 0.25) is 5.78 Å². The van der Waals surface area contributed by atoms with E-state index in [4.69, 9.17) is 5.11 Å². The smallest absolute Gasteiger partial charge is 0.375 e. The Balaban J connectivity index is 2.58. The summed E-state index contributed by atoms with van der Waals surface area (Å²) in [6.45, 7) is 1.80. The van der Waals surface area contributed by atoms with Crippen LogP contribution in [0.4, 0.5) is 0 Å². The first-order valence-electron chi connectivity index (χ1n) is 4.47. The lowest BCUT2D eigenvalue weighted by molar-refractivity contribution is -0.153. The summed E-state index contributed by atoms with van der Waals surface area (Å²) in [5, 5.41) is 8.95. The molecule has 15 heavy (non-hydrogen) atoms. The Kier molecular flexibility index (Phi) is 3.79. The number of aromatic nitrogens is 1. The highest BCUT2D eigenvalue weighted by Gasteiger charge is 2.15. The molecule has 0 radical (unpaired) electrons. The molecule has 1 rings (SSSR count). The van der Waals surface area contributed by atoms with Gasteiger partial charge in [-0.05, 0) is 19.1 Å². The number of aromatic hydroxyl groups is 1. The maximum Gasteiger partial charge on any atom is 0.375 e. The van der Waals surface area contributed by atoms with Crippen LogP contribution < -0.4 is 0 Å². The van der Waals surface area contributed by atoms with Crippen molar-refractivity contribution < 1.29 is 19.4 Å². The molecule has 0 aliphatic heterocycles. The summed E-state index contributed by atoms with van der Waals surface area (Å²) in [6.07, 6.45) is 1.10. The Labute approximate surface area is 86.7 Å². The second-order valence-corrected chi connectivity index (χ2v) is 2.83. The highest BCUT2D eigenvalue weighted by Crippen LogP contribution is 2.06. The van der Waals surface area contributed by atoms with Crippen LogP contribution in [-0.2, 0) is 20.7 Å². The van der Waals surface area contributed by atoms with Crippen LogP contribution in [0.25, 0.3) is 0 Å². The van der Waals surface area contributed by atoms with Crippen LogP contribution in [0.2, 0.25) is 0 Å². The molecule has 0 amide bonds. The van der Waals surface area contributed by atoms with Crippen molar-refractivity contribution in [1.29, 1.82) is 0 Å². The number of carbonyl (C=O) groups excluding carboxylic acids is 2. The lowest BCUT2D eigenvalue weighted by atomic mass is 10.2. The molecular formula is C10H11NO4. The number of pyridine rings is 1. The summed E-state index contributed by atoms with van der Waals surface area (Å²) in [5.74, 6) is -1.48. The average molecular weight is 209 g/mol. The van der Waals surface area contributed by atoms with E-state index in [9.17, 15) is 9.59 Å². The zero-order chi connectivity index (χ0) is 11.3. The summed E-state index contributed by atoms with van der Waals surface area (Å²) in [7, 11) is 0.